The lowest BCUT2D eigenvalue weighted by Crippen LogP contribution is -2.38. The molecule has 2 rings (SSSR count). The van der Waals surface area contributed by atoms with Crippen LogP contribution in [0.1, 0.15) is 25.8 Å². The summed E-state index contributed by atoms with van der Waals surface area (Å²) in [6.07, 6.45) is 0.927. The van der Waals surface area contributed by atoms with Crippen molar-refractivity contribution in [3.05, 3.63) is 34.3 Å². The van der Waals surface area contributed by atoms with Crippen molar-refractivity contribution < 1.29 is 0 Å². The maximum absolute atomic E-state index is 5.32. The van der Waals surface area contributed by atoms with Crippen LogP contribution in [-0.4, -0.2) is 28.4 Å². The van der Waals surface area contributed by atoms with Gasteiger partial charge in [0.25, 0.3) is 0 Å². The van der Waals surface area contributed by atoms with Crippen LogP contribution in [0.25, 0.3) is 0 Å². The highest BCUT2D eigenvalue weighted by Gasteiger charge is 2.19. The highest BCUT2D eigenvalue weighted by atomic mass is 79.9. The van der Waals surface area contributed by atoms with Crippen molar-refractivity contribution in [1.82, 2.24) is 10.3 Å². The molecule has 1 aromatic carbocycles. The fourth-order valence-corrected chi connectivity index (χ4v) is 2.56. The zero-order chi connectivity index (χ0) is 13.1. The molecule has 0 atom stereocenters. The first kappa shape index (κ1) is 13.5. The molecule has 0 saturated carbocycles. The third kappa shape index (κ3) is 3.29. The van der Waals surface area contributed by atoms with Crippen molar-refractivity contribution in [2.75, 3.05) is 6.54 Å². The molecule has 96 valence electrons. The summed E-state index contributed by atoms with van der Waals surface area (Å²) in [6.45, 7) is 4.99. The van der Waals surface area contributed by atoms with Crippen molar-refractivity contribution >= 4 is 39.0 Å². The van der Waals surface area contributed by atoms with Crippen molar-refractivity contribution in [2.24, 2.45) is 5.10 Å². The number of thiocarbonyl (C=S) groups is 1. The van der Waals surface area contributed by atoms with Crippen LogP contribution in [0, 0.1) is 0 Å². The third-order valence-electron chi connectivity index (χ3n) is 2.61. The summed E-state index contributed by atoms with van der Waals surface area (Å²) in [5, 5.41) is 10.4. The largest absolute Gasteiger partial charge is 0.359 e. The molecule has 1 heterocycles. The number of halogens is 1. The third-order valence-corrected chi connectivity index (χ3v) is 3.43. The van der Waals surface area contributed by atoms with Crippen molar-refractivity contribution in [1.29, 1.82) is 0 Å². The predicted molar refractivity (Wildman–Crippen MR) is 82.9 cm³/mol. The summed E-state index contributed by atoms with van der Waals surface area (Å²) >= 11 is 8.80. The van der Waals surface area contributed by atoms with Gasteiger partial charge in [-0.2, -0.15) is 5.10 Å². The second-order valence-electron chi connectivity index (χ2n) is 4.53. The summed E-state index contributed by atoms with van der Waals surface area (Å²) in [5.41, 5.74) is 2.24. The van der Waals surface area contributed by atoms with E-state index >= 15 is 0 Å². The highest BCUT2D eigenvalue weighted by Crippen LogP contribution is 2.17. The Balaban J connectivity index is 2.11. The summed E-state index contributed by atoms with van der Waals surface area (Å²) in [4.78, 5) is 0. The van der Waals surface area contributed by atoms with E-state index in [1.165, 1.54) is 0 Å². The normalized spacial score (nSPS) is 14.9. The topological polar surface area (TPSA) is 27.6 Å². The van der Waals surface area contributed by atoms with E-state index in [0.29, 0.717) is 11.2 Å². The number of hydrogen-bond donors (Lipinski definition) is 1. The lowest BCUT2D eigenvalue weighted by Gasteiger charge is -2.18. The average molecular weight is 326 g/mol. The van der Waals surface area contributed by atoms with Crippen LogP contribution in [0.15, 0.2) is 33.8 Å². The predicted octanol–water partition coefficient (Wildman–Crippen LogP) is 3.14. The molecule has 3 nitrogen and oxygen atoms in total. The average Bonchev–Trinajstić information content (AvgIpc) is 2.77. The molecule has 0 aliphatic carbocycles. The summed E-state index contributed by atoms with van der Waals surface area (Å²) < 4.78 is 1.07. The summed E-state index contributed by atoms with van der Waals surface area (Å²) in [6, 6.07) is 8.53. The minimum atomic E-state index is 0.336. The Morgan fingerprint density at radius 2 is 2.28 bits per heavy atom. The van der Waals surface area contributed by atoms with E-state index in [2.05, 4.69) is 52.3 Å². The van der Waals surface area contributed by atoms with Crippen molar-refractivity contribution in [3.63, 3.8) is 0 Å². The van der Waals surface area contributed by atoms with Gasteiger partial charge in [-0.3, -0.25) is 0 Å². The molecule has 0 spiro atoms. The van der Waals surface area contributed by atoms with Crippen LogP contribution >= 0.6 is 28.1 Å². The second-order valence-corrected chi connectivity index (χ2v) is 5.84. The van der Waals surface area contributed by atoms with Gasteiger partial charge in [0.2, 0.25) is 0 Å². The van der Waals surface area contributed by atoms with Crippen LogP contribution in [0.3, 0.4) is 0 Å². The van der Waals surface area contributed by atoms with Crippen molar-refractivity contribution in [3.8, 4) is 0 Å². The van der Waals surface area contributed by atoms with Crippen molar-refractivity contribution in [2.45, 2.75) is 26.3 Å². The van der Waals surface area contributed by atoms with E-state index in [-0.39, 0.29) is 0 Å². The molecule has 0 bridgehead atoms. The second kappa shape index (κ2) is 5.80. The molecule has 18 heavy (non-hydrogen) atoms. The number of nitrogens with one attached hydrogen (secondary N) is 1. The molecular formula is C13H16BrN3S. The molecule has 0 saturated heterocycles. The van der Waals surface area contributed by atoms with E-state index in [4.69, 9.17) is 12.2 Å². The first-order valence-corrected chi connectivity index (χ1v) is 7.18. The smallest absolute Gasteiger partial charge is 0.189 e. The first-order valence-electron chi connectivity index (χ1n) is 5.97. The highest BCUT2D eigenvalue weighted by molar-refractivity contribution is 9.10. The van der Waals surface area contributed by atoms with E-state index in [1.807, 2.05) is 17.1 Å². The Kier molecular flexibility index (Phi) is 4.35. The minimum Gasteiger partial charge on any atom is -0.359 e. The van der Waals surface area contributed by atoms with Gasteiger partial charge in [0.05, 0.1) is 5.71 Å². The van der Waals surface area contributed by atoms with Gasteiger partial charge in [0.15, 0.2) is 5.11 Å². The fraction of sp³-hybridized carbons (Fsp3) is 0.385. The summed E-state index contributed by atoms with van der Waals surface area (Å²) in [5.74, 6) is 0. The maximum atomic E-state index is 5.32. The van der Waals surface area contributed by atoms with Crippen LogP contribution in [-0.2, 0) is 0 Å². The molecule has 1 aliphatic rings. The number of nitrogens with zero attached hydrogens (tertiary/aromatic N) is 2. The number of rotatable bonds is 2. The lowest BCUT2D eigenvalue weighted by atomic mass is 10.1. The van der Waals surface area contributed by atoms with Crippen LogP contribution < -0.4 is 5.32 Å². The molecule has 0 fully saturated rings. The lowest BCUT2D eigenvalue weighted by molar-refractivity contribution is 0.472. The molecular weight excluding hydrogens is 310 g/mol. The van der Waals surface area contributed by atoms with E-state index in [1.54, 1.807) is 0 Å². The molecule has 0 unspecified atom stereocenters. The monoisotopic (exact) mass is 325 g/mol. The Morgan fingerprint density at radius 3 is 2.94 bits per heavy atom. The van der Waals surface area contributed by atoms with Crippen LogP contribution in [0.4, 0.5) is 0 Å². The van der Waals surface area contributed by atoms with Gasteiger partial charge in [-0.1, -0.05) is 28.1 Å². The van der Waals surface area contributed by atoms with Gasteiger partial charge < -0.3 is 5.32 Å². The minimum absolute atomic E-state index is 0.336. The maximum Gasteiger partial charge on any atom is 0.189 e. The molecule has 0 radical (unpaired) electrons. The molecule has 1 aliphatic heterocycles. The molecule has 0 aromatic heterocycles. The summed E-state index contributed by atoms with van der Waals surface area (Å²) in [7, 11) is 0. The standard InChI is InChI=1S/C13H16BrN3S/c1-9(2)15-13(18)17-7-6-12(16-17)10-4-3-5-11(14)8-10/h3-5,8-9H,6-7H2,1-2H3,(H,15,18). The first-order chi connectivity index (χ1) is 8.56. The number of benzene rings is 1. The Labute approximate surface area is 121 Å². The van der Waals surface area contributed by atoms with Gasteiger partial charge >= 0.3 is 0 Å². The Hall–Kier alpha value is -0.940. The van der Waals surface area contributed by atoms with E-state index in [9.17, 15) is 0 Å². The fourth-order valence-electron chi connectivity index (χ4n) is 1.80. The van der Waals surface area contributed by atoms with Gasteiger partial charge in [0, 0.05) is 23.5 Å². The van der Waals surface area contributed by atoms with Gasteiger partial charge in [0.1, 0.15) is 0 Å². The SMILES string of the molecule is CC(C)NC(=S)N1CCC(c2cccc(Br)c2)=N1. The van der Waals surface area contributed by atoms with Gasteiger partial charge in [-0.15, -0.1) is 0 Å². The molecule has 1 aromatic rings. The van der Waals surface area contributed by atoms with Crippen LogP contribution in [0.5, 0.6) is 0 Å². The number of hydrogen-bond acceptors (Lipinski definition) is 2. The zero-order valence-electron chi connectivity index (χ0n) is 10.5. The Morgan fingerprint density at radius 1 is 1.50 bits per heavy atom. The number of hydrazone groups is 1. The van der Waals surface area contributed by atoms with Gasteiger partial charge in [-0.05, 0) is 43.8 Å². The quantitative estimate of drug-likeness (QED) is 0.846. The van der Waals surface area contributed by atoms with E-state index in [0.717, 1.165) is 28.7 Å². The molecule has 5 heteroatoms. The zero-order valence-corrected chi connectivity index (χ0v) is 12.9. The van der Waals surface area contributed by atoms with Gasteiger partial charge in [-0.25, -0.2) is 5.01 Å². The Bertz CT molecular complexity index is 485. The van der Waals surface area contributed by atoms with E-state index < -0.39 is 0 Å². The molecule has 0 amide bonds. The molecule has 1 N–H and O–H groups in total. The van der Waals surface area contributed by atoms with Crippen LogP contribution in [0.2, 0.25) is 0 Å².